The van der Waals surface area contributed by atoms with Crippen molar-refractivity contribution in [3.8, 4) is 0 Å². The van der Waals surface area contributed by atoms with Crippen LogP contribution in [-0.2, 0) is 22.7 Å². The molecule has 0 bridgehead atoms. The lowest BCUT2D eigenvalue weighted by atomic mass is 10.1. The molecule has 0 aromatic heterocycles. The molecular weight excluding hydrogens is 365 g/mol. The summed E-state index contributed by atoms with van der Waals surface area (Å²) in [7, 11) is -3.50. The predicted octanol–water partition coefficient (Wildman–Crippen LogP) is 4.47. The summed E-state index contributed by atoms with van der Waals surface area (Å²) in [5, 5.41) is 0.384. The van der Waals surface area contributed by atoms with Crippen molar-refractivity contribution in [1.29, 1.82) is 0 Å². The van der Waals surface area contributed by atoms with Gasteiger partial charge in [0.05, 0.1) is 11.5 Å². The van der Waals surface area contributed by atoms with E-state index in [4.69, 9.17) is 23.2 Å². The Morgan fingerprint density at radius 1 is 0.783 bits per heavy atom. The Hall–Kier alpha value is -1.17. The third-order valence-corrected chi connectivity index (χ3v) is 5.81. The molecule has 0 aliphatic rings. The SMILES string of the molecule is O=S(=O)(CCc1c(F)cccc1Cl)CCc1c(F)cccc1Cl. The molecule has 23 heavy (non-hydrogen) atoms. The second-order valence-electron chi connectivity index (χ2n) is 5.05. The highest BCUT2D eigenvalue weighted by Crippen LogP contribution is 2.22. The third kappa shape index (κ3) is 4.90. The highest BCUT2D eigenvalue weighted by molar-refractivity contribution is 7.91. The number of benzene rings is 2. The summed E-state index contributed by atoms with van der Waals surface area (Å²) in [6.07, 6.45) is -0.0578. The first-order valence-corrected chi connectivity index (χ1v) is 9.44. The van der Waals surface area contributed by atoms with Crippen LogP contribution in [0.25, 0.3) is 0 Å². The molecule has 124 valence electrons. The molecule has 2 nitrogen and oxygen atoms in total. The van der Waals surface area contributed by atoms with Gasteiger partial charge in [-0.05, 0) is 37.1 Å². The van der Waals surface area contributed by atoms with Crippen molar-refractivity contribution >= 4 is 33.0 Å². The monoisotopic (exact) mass is 378 g/mol. The second kappa shape index (κ2) is 7.60. The van der Waals surface area contributed by atoms with Crippen LogP contribution in [0.4, 0.5) is 8.78 Å². The lowest BCUT2D eigenvalue weighted by Gasteiger charge is -2.08. The Morgan fingerprint density at radius 2 is 1.17 bits per heavy atom. The summed E-state index contributed by atoms with van der Waals surface area (Å²) in [5.41, 5.74) is 0.336. The minimum atomic E-state index is -3.50. The van der Waals surface area contributed by atoms with Gasteiger partial charge in [0.25, 0.3) is 0 Å². The maximum Gasteiger partial charge on any atom is 0.150 e. The Kier molecular flexibility index (Phi) is 6.00. The molecule has 2 aromatic carbocycles. The largest absolute Gasteiger partial charge is 0.229 e. The molecule has 2 rings (SSSR count). The molecule has 0 N–H and O–H groups in total. The van der Waals surface area contributed by atoms with Crippen molar-refractivity contribution in [2.24, 2.45) is 0 Å². The van der Waals surface area contributed by atoms with Gasteiger partial charge in [-0.15, -0.1) is 0 Å². The maximum atomic E-state index is 13.6. The van der Waals surface area contributed by atoms with Crippen molar-refractivity contribution in [1.82, 2.24) is 0 Å². The van der Waals surface area contributed by atoms with Crippen LogP contribution in [0.2, 0.25) is 10.0 Å². The first kappa shape index (κ1) is 18.2. The molecule has 0 aliphatic carbocycles. The standard InChI is InChI=1S/C16H14Cl2F2O2S/c17-13-3-1-5-15(19)11(13)7-9-23(21,22)10-8-12-14(18)4-2-6-16(12)20/h1-6H,7-10H2. The van der Waals surface area contributed by atoms with Crippen LogP contribution in [0.3, 0.4) is 0 Å². The van der Waals surface area contributed by atoms with Crippen LogP contribution in [-0.4, -0.2) is 19.9 Å². The van der Waals surface area contributed by atoms with Crippen molar-refractivity contribution in [2.75, 3.05) is 11.5 Å². The van der Waals surface area contributed by atoms with E-state index in [1.54, 1.807) is 0 Å². The zero-order chi connectivity index (χ0) is 17.0. The topological polar surface area (TPSA) is 34.1 Å². The summed E-state index contributed by atoms with van der Waals surface area (Å²) in [4.78, 5) is 0. The molecule has 0 fully saturated rings. The van der Waals surface area contributed by atoms with E-state index in [1.807, 2.05) is 0 Å². The quantitative estimate of drug-likeness (QED) is 0.742. The fourth-order valence-corrected chi connectivity index (χ4v) is 3.91. The van der Waals surface area contributed by atoms with Crippen molar-refractivity contribution in [3.05, 3.63) is 69.2 Å². The zero-order valence-corrected chi connectivity index (χ0v) is 14.4. The Morgan fingerprint density at radius 3 is 1.52 bits per heavy atom. The van der Waals surface area contributed by atoms with Gasteiger partial charge in [0.1, 0.15) is 11.6 Å². The van der Waals surface area contributed by atoms with Crippen molar-refractivity contribution < 1.29 is 17.2 Å². The summed E-state index contributed by atoms with van der Waals surface area (Å²) < 4.78 is 51.5. The van der Waals surface area contributed by atoms with E-state index in [0.29, 0.717) is 0 Å². The number of rotatable bonds is 6. The van der Waals surface area contributed by atoms with E-state index in [-0.39, 0.29) is 45.5 Å². The number of sulfone groups is 1. The van der Waals surface area contributed by atoms with Crippen LogP contribution >= 0.6 is 23.2 Å². The zero-order valence-electron chi connectivity index (χ0n) is 12.0. The smallest absolute Gasteiger partial charge is 0.150 e. The highest BCUT2D eigenvalue weighted by Gasteiger charge is 2.17. The fraction of sp³-hybridized carbons (Fsp3) is 0.250. The molecule has 0 heterocycles. The minimum absolute atomic E-state index is 0.0289. The number of hydrogen-bond acceptors (Lipinski definition) is 2. The lowest BCUT2D eigenvalue weighted by Crippen LogP contribution is -2.16. The molecule has 7 heteroatoms. The van der Waals surface area contributed by atoms with Gasteiger partial charge in [-0.25, -0.2) is 17.2 Å². The molecule has 0 amide bonds. The van der Waals surface area contributed by atoms with Gasteiger partial charge >= 0.3 is 0 Å². The molecule has 0 aliphatic heterocycles. The molecule has 0 unspecified atom stereocenters. The highest BCUT2D eigenvalue weighted by atomic mass is 35.5. The first-order chi connectivity index (χ1) is 10.8. The van der Waals surface area contributed by atoms with Gasteiger partial charge in [-0.2, -0.15) is 0 Å². The van der Waals surface area contributed by atoms with E-state index in [2.05, 4.69) is 0 Å². The van der Waals surface area contributed by atoms with Crippen LogP contribution in [0.15, 0.2) is 36.4 Å². The summed E-state index contributed by atoms with van der Waals surface area (Å²) >= 11 is 11.7. The Bertz CT molecular complexity index is 706. The number of hydrogen-bond donors (Lipinski definition) is 0. The molecule has 0 spiro atoms. The summed E-state index contributed by atoms with van der Waals surface area (Å²) in [5.74, 6) is -1.60. The molecule has 2 aromatic rings. The third-order valence-electron chi connectivity index (χ3n) is 3.45. The minimum Gasteiger partial charge on any atom is -0.229 e. The van der Waals surface area contributed by atoms with Gasteiger partial charge in [-0.1, -0.05) is 35.3 Å². The van der Waals surface area contributed by atoms with E-state index in [0.717, 1.165) is 0 Å². The van der Waals surface area contributed by atoms with Gasteiger partial charge < -0.3 is 0 Å². The van der Waals surface area contributed by atoms with Gasteiger partial charge in [0.2, 0.25) is 0 Å². The summed E-state index contributed by atoms with van der Waals surface area (Å²) in [6.45, 7) is 0. The first-order valence-electron chi connectivity index (χ1n) is 6.86. The molecular formula is C16H14Cl2F2O2S. The second-order valence-corrected chi connectivity index (χ2v) is 8.17. The predicted molar refractivity (Wildman–Crippen MR) is 88.9 cm³/mol. The molecule has 0 saturated carbocycles. The van der Waals surface area contributed by atoms with E-state index >= 15 is 0 Å². The molecule has 0 atom stereocenters. The van der Waals surface area contributed by atoms with Crippen LogP contribution in [0.1, 0.15) is 11.1 Å². The van der Waals surface area contributed by atoms with Crippen LogP contribution < -0.4 is 0 Å². The lowest BCUT2D eigenvalue weighted by molar-refractivity contribution is 0.588. The van der Waals surface area contributed by atoms with Gasteiger partial charge in [0.15, 0.2) is 9.84 Å². The normalized spacial score (nSPS) is 11.7. The average Bonchev–Trinajstić information content (AvgIpc) is 2.46. The van der Waals surface area contributed by atoms with Crippen LogP contribution in [0, 0.1) is 11.6 Å². The van der Waals surface area contributed by atoms with Crippen molar-refractivity contribution in [3.63, 3.8) is 0 Å². The Labute approximate surface area is 144 Å². The van der Waals surface area contributed by atoms with E-state index < -0.39 is 21.5 Å². The van der Waals surface area contributed by atoms with Crippen LogP contribution in [0.5, 0.6) is 0 Å². The average molecular weight is 379 g/mol. The maximum absolute atomic E-state index is 13.6. The molecule has 0 radical (unpaired) electrons. The Balaban J connectivity index is 2.03. The van der Waals surface area contributed by atoms with Gasteiger partial charge in [-0.3, -0.25) is 0 Å². The fourth-order valence-electron chi connectivity index (χ4n) is 2.16. The molecule has 0 saturated heterocycles. The van der Waals surface area contributed by atoms with Crippen molar-refractivity contribution in [2.45, 2.75) is 12.8 Å². The number of halogens is 4. The summed E-state index contributed by atoms with van der Waals surface area (Å²) in [6, 6.07) is 8.38. The van der Waals surface area contributed by atoms with E-state index in [9.17, 15) is 17.2 Å². The van der Waals surface area contributed by atoms with E-state index in [1.165, 1.54) is 36.4 Å². The van der Waals surface area contributed by atoms with Gasteiger partial charge in [0, 0.05) is 21.2 Å².